The van der Waals surface area contributed by atoms with Gasteiger partial charge in [-0.1, -0.05) is 48.5 Å². The van der Waals surface area contributed by atoms with Crippen LogP contribution in [0.25, 0.3) is 39.0 Å². The average molecular weight is 516 g/mol. The molecule has 192 valence electrons. The van der Waals surface area contributed by atoms with Gasteiger partial charge in [0.05, 0.1) is 48.5 Å². The lowest BCUT2D eigenvalue weighted by molar-refractivity contribution is 0.0262. The van der Waals surface area contributed by atoms with Crippen molar-refractivity contribution in [2.75, 3.05) is 13.2 Å². The zero-order chi connectivity index (χ0) is 25.8. The average Bonchev–Trinajstić information content (AvgIpc) is 3.73. The highest BCUT2D eigenvalue weighted by Gasteiger charge is 2.47. The van der Waals surface area contributed by atoms with Crippen molar-refractivity contribution >= 4 is 11.0 Å². The van der Waals surface area contributed by atoms with Gasteiger partial charge < -0.3 is 19.2 Å². The summed E-state index contributed by atoms with van der Waals surface area (Å²) in [6, 6.07) is 16.2. The fourth-order valence-electron chi connectivity index (χ4n) is 5.26. The molecule has 7 rings (SSSR count). The predicted octanol–water partition coefficient (Wildman–Crippen LogP) is 4.94. The molecule has 8 nitrogen and oxygen atoms in total. The van der Waals surface area contributed by atoms with E-state index >= 15 is 8.78 Å². The Kier molecular flexibility index (Phi) is 5.45. The summed E-state index contributed by atoms with van der Waals surface area (Å²) < 4.78 is 49.9. The van der Waals surface area contributed by atoms with E-state index in [0.717, 1.165) is 16.8 Å². The number of imidazole rings is 1. The van der Waals surface area contributed by atoms with Crippen LogP contribution in [0.3, 0.4) is 0 Å². The van der Waals surface area contributed by atoms with E-state index in [1.807, 2.05) is 36.4 Å². The van der Waals surface area contributed by atoms with E-state index < -0.39 is 11.6 Å². The molecule has 0 radical (unpaired) electrons. The fraction of sp³-hybridized carbons (Fsp3) is 0.250. The van der Waals surface area contributed by atoms with Crippen molar-refractivity contribution in [3.8, 4) is 34.0 Å². The first-order valence-corrected chi connectivity index (χ1v) is 12.4. The number of rotatable bonds is 5. The summed E-state index contributed by atoms with van der Waals surface area (Å²) in [6.45, 7) is 3.02. The second-order valence-electron chi connectivity index (χ2n) is 9.69. The van der Waals surface area contributed by atoms with Crippen molar-refractivity contribution in [1.29, 1.82) is 0 Å². The molecule has 3 aromatic carbocycles. The number of benzene rings is 3. The molecule has 2 saturated heterocycles. The Balaban J connectivity index is 1.14. The first-order valence-electron chi connectivity index (χ1n) is 12.4. The molecule has 2 aliphatic heterocycles. The Hall–Kier alpha value is -4.15. The van der Waals surface area contributed by atoms with Crippen molar-refractivity contribution in [2.24, 2.45) is 5.92 Å². The van der Waals surface area contributed by atoms with Gasteiger partial charge in [0.15, 0.2) is 11.9 Å². The minimum absolute atomic E-state index is 0.0142. The van der Waals surface area contributed by atoms with Crippen LogP contribution in [-0.2, 0) is 9.47 Å². The van der Waals surface area contributed by atoms with Gasteiger partial charge >= 0.3 is 0 Å². The van der Waals surface area contributed by atoms with E-state index in [2.05, 4.69) is 27.2 Å². The molecule has 2 aromatic heterocycles. The van der Waals surface area contributed by atoms with Crippen LogP contribution < -0.4 is 4.74 Å². The van der Waals surface area contributed by atoms with E-state index in [4.69, 9.17) is 14.2 Å². The number of H-pyrrole nitrogens is 1. The van der Waals surface area contributed by atoms with Crippen LogP contribution in [0, 0.1) is 17.6 Å². The van der Waals surface area contributed by atoms with Gasteiger partial charge in [-0.3, -0.25) is 0 Å². The molecule has 4 heterocycles. The SMILES string of the molecule is C[C@@H]1CO[C@H]2[C@@H]1OC[C@H]2Oc1nc2c(F)c(-c3ccc(-c4ccc(-n5ccnn5)cc4)cc3)c(F)cc2[nH]1. The van der Waals surface area contributed by atoms with Crippen LogP contribution in [0.2, 0.25) is 0 Å². The quantitative estimate of drug-likeness (QED) is 0.357. The van der Waals surface area contributed by atoms with Crippen LogP contribution in [0.4, 0.5) is 8.78 Å². The van der Waals surface area contributed by atoms with Gasteiger partial charge in [-0.15, -0.1) is 5.10 Å². The number of halogens is 2. The third-order valence-corrected chi connectivity index (χ3v) is 7.23. The van der Waals surface area contributed by atoms with Gasteiger partial charge in [0, 0.05) is 12.0 Å². The standard InChI is InChI=1S/C28H23F2N5O3/c1-15-13-36-27-22(14-37-26(15)27)38-28-32-21-12-20(29)23(24(30)25(21)33-28)18-4-2-16(3-5-18)17-6-8-19(9-7-17)35-11-10-31-34-35/h2-12,15,22,26-27H,13-14H2,1H3,(H,32,33)/t15-,22-,26-,27-/m1/s1. The van der Waals surface area contributed by atoms with Crippen LogP contribution in [-0.4, -0.2) is 56.5 Å². The molecule has 0 spiro atoms. The normalized spacial score (nSPS) is 22.7. The lowest BCUT2D eigenvalue weighted by Gasteiger charge is -2.15. The zero-order valence-corrected chi connectivity index (χ0v) is 20.3. The van der Waals surface area contributed by atoms with Crippen molar-refractivity contribution in [1.82, 2.24) is 25.0 Å². The molecule has 4 atom stereocenters. The first kappa shape index (κ1) is 23.0. The second-order valence-corrected chi connectivity index (χ2v) is 9.69. The van der Waals surface area contributed by atoms with Crippen molar-refractivity contribution in [3.05, 3.63) is 78.6 Å². The summed E-state index contributed by atoms with van der Waals surface area (Å²) in [5.41, 5.74) is 3.27. The van der Waals surface area contributed by atoms with Gasteiger partial charge in [-0.25, -0.2) is 13.5 Å². The highest BCUT2D eigenvalue weighted by Crippen LogP contribution is 2.35. The third-order valence-electron chi connectivity index (χ3n) is 7.23. The minimum atomic E-state index is -0.748. The maximum absolute atomic E-state index is 15.6. The number of hydrogen-bond acceptors (Lipinski definition) is 6. The summed E-state index contributed by atoms with van der Waals surface area (Å²) in [4.78, 5) is 7.17. The highest BCUT2D eigenvalue weighted by molar-refractivity contribution is 5.84. The number of hydrogen-bond donors (Lipinski definition) is 1. The largest absolute Gasteiger partial charge is 0.456 e. The van der Waals surface area contributed by atoms with Crippen molar-refractivity contribution in [2.45, 2.75) is 25.2 Å². The Morgan fingerprint density at radius 3 is 2.39 bits per heavy atom. The number of aromatic amines is 1. The van der Waals surface area contributed by atoms with Gasteiger partial charge in [-0.05, 0) is 28.8 Å². The Labute approximate surface area is 216 Å². The number of fused-ring (bicyclic) bond motifs is 2. The molecular weight excluding hydrogens is 492 g/mol. The fourth-order valence-corrected chi connectivity index (χ4v) is 5.26. The van der Waals surface area contributed by atoms with E-state index in [1.165, 1.54) is 6.07 Å². The molecule has 2 fully saturated rings. The molecule has 0 unspecified atom stereocenters. The second kappa shape index (κ2) is 9.00. The Bertz CT molecular complexity index is 1600. The van der Waals surface area contributed by atoms with Crippen molar-refractivity contribution < 1.29 is 23.0 Å². The molecule has 0 aliphatic carbocycles. The van der Waals surface area contributed by atoms with Gasteiger partial charge in [0.25, 0.3) is 6.01 Å². The maximum Gasteiger partial charge on any atom is 0.295 e. The lowest BCUT2D eigenvalue weighted by Crippen LogP contribution is -2.33. The van der Waals surface area contributed by atoms with E-state index in [1.54, 1.807) is 29.2 Å². The summed E-state index contributed by atoms with van der Waals surface area (Å²) in [5, 5.41) is 7.80. The van der Waals surface area contributed by atoms with Crippen molar-refractivity contribution in [3.63, 3.8) is 0 Å². The van der Waals surface area contributed by atoms with E-state index in [9.17, 15) is 0 Å². The number of nitrogens with one attached hydrogen (secondary N) is 1. The smallest absolute Gasteiger partial charge is 0.295 e. The molecule has 1 N–H and O–H groups in total. The lowest BCUT2D eigenvalue weighted by atomic mass is 9.99. The number of ether oxygens (including phenoxy) is 3. The molecule has 5 aromatic rings. The summed E-state index contributed by atoms with van der Waals surface area (Å²) in [6.07, 6.45) is 2.79. The predicted molar refractivity (Wildman–Crippen MR) is 135 cm³/mol. The maximum atomic E-state index is 15.6. The monoisotopic (exact) mass is 515 g/mol. The third kappa shape index (κ3) is 3.84. The summed E-state index contributed by atoms with van der Waals surface area (Å²) in [5.74, 6) is -1.15. The first-order chi connectivity index (χ1) is 18.5. The minimum Gasteiger partial charge on any atom is -0.456 e. The summed E-state index contributed by atoms with van der Waals surface area (Å²) in [7, 11) is 0. The molecular formula is C28H23F2N5O3. The summed E-state index contributed by atoms with van der Waals surface area (Å²) >= 11 is 0. The Morgan fingerprint density at radius 2 is 1.66 bits per heavy atom. The van der Waals surface area contributed by atoms with E-state index in [0.29, 0.717) is 18.8 Å². The van der Waals surface area contributed by atoms with Crippen LogP contribution in [0.5, 0.6) is 6.01 Å². The zero-order valence-electron chi connectivity index (χ0n) is 20.3. The van der Waals surface area contributed by atoms with Crippen LogP contribution in [0.1, 0.15) is 6.92 Å². The molecule has 0 saturated carbocycles. The van der Waals surface area contributed by atoms with Gasteiger partial charge in [0.2, 0.25) is 0 Å². The molecule has 0 bridgehead atoms. The topological polar surface area (TPSA) is 87.1 Å². The molecule has 38 heavy (non-hydrogen) atoms. The van der Waals surface area contributed by atoms with Crippen LogP contribution >= 0.6 is 0 Å². The highest BCUT2D eigenvalue weighted by atomic mass is 19.1. The van der Waals surface area contributed by atoms with E-state index in [-0.39, 0.29) is 46.8 Å². The molecule has 2 aliphatic rings. The molecule has 10 heteroatoms. The number of aromatic nitrogens is 5. The van der Waals surface area contributed by atoms with Gasteiger partial charge in [-0.2, -0.15) is 4.98 Å². The van der Waals surface area contributed by atoms with Gasteiger partial charge in [0.1, 0.15) is 17.4 Å². The Morgan fingerprint density at radius 1 is 0.947 bits per heavy atom. The van der Waals surface area contributed by atoms with Crippen LogP contribution in [0.15, 0.2) is 67.0 Å². The number of nitrogens with zero attached hydrogens (tertiary/aromatic N) is 4. The molecule has 0 amide bonds.